The van der Waals surface area contributed by atoms with Gasteiger partial charge in [-0.1, -0.05) is 18.2 Å². The van der Waals surface area contributed by atoms with Crippen molar-refractivity contribution in [2.75, 3.05) is 13.1 Å². The van der Waals surface area contributed by atoms with Gasteiger partial charge in [-0.25, -0.2) is 4.79 Å². The Balaban J connectivity index is 1.54. The SMILES string of the molecule is CC(C)(C)OC(=O)N1CCC2(CCC(NC(=O)c3ccccc3)C2)C1. The van der Waals surface area contributed by atoms with Gasteiger partial charge in [0.2, 0.25) is 0 Å². The van der Waals surface area contributed by atoms with Gasteiger partial charge in [-0.2, -0.15) is 0 Å². The van der Waals surface area contributed by atoms with Crippen molar-refractivity contribution < 1.29 is 14.3 Å². The Morgan fingerprint density at radius 1 is 1.20 bits per heavy atom. The maximum atomic E-state index is 12.3. The van der Waals surface area contributed by atoms with Gasteiger partial charge < -0.3 is 15.0 Å². The van der Waals surface area contributed by atoms with Crippen molar-refractivity contribution in [3.8, 4) is 0 Å². The molecular formula is C20H28N2O3. The Morgan fingerprint density at radius 3 is 2.60 bits per heavy atom. The third-order valence-corrected chi connectivity index (χ3v) is 5.16. The Labute approximate surface area is 149 Å². The summed E-state index contributed by atoms with van der Waals surface area (Å²) in [5.74, 6) is -0.00959. The molecule has 1 aromatic rings. The molecule has 1 saturated carbocycles. The Hall–Kier alpha value is -2.04. The number of ether oxygens (including phenoxy) is 1. The first-order chi connectivity index (χ1) is 11.8. The summed E-state index contributed by atoms with van der Waals surface area (Å²) in [6, 6.07) is 9.51. The first-order valence-corrected chi connectivity index (χ1v) is 9.10. The van der Waals surface area contributed by atoms with Gasteiger partial charge in [0.1, 0.15) is 5.60 Å². The van der Waals surface area contributed by atoms with E-state index in [1.807, 2.05) is 56.0 Å². The van der Waals surface area contributed by atoms with Crippen LogP contribution in [0.4, 0.5) is 4.79 Å². The number of hydrogen-bond acceptors (Lipinski definition) is 3. The van der Waals surface area contributed by atoms with E-state index in [4.69, 9.17) is 4.74 Å². The number of carbonyl (C=O) groups excluding carboxylic acids is 2. The van der Waals surface area contributed by atoms with Crippen molar-refractivity contribution in [2.24, 2.45) is 5.41 Å². The fraction of sp³-hybridized carbons (Fsp3) is 0.600. The van der Waals surface area contributed by atoms with E-state index < -0.39 is 5.60 Å². The quantitative estimate of drug-likeness (QED) is 0.892. The molecule has 1 spiro atoms. The van der Waals surface area contributed by atoms with Crippen LogP contribution in [0.3, 0.4) is 0 Å². The maximum Gasteiger partial charge on any atom is 0.410 e. The van der Waals surface area contributed by atoms with Gasteiger partial charge in [0, 0.05) is 24.7 Å². The fourth-order valence-electron chi connectivity index (χ4n) is 3.98. The minimum atomic E-state index is -0.464. The molecule has 2 amide bonds. The summed E-state index contributed by atoms with van der Waals surface area (Å²) in [6.45, 7) is 7.15. The number of likely N-dealkylation sites (tertiary alicyclic amines) is 1. The highest BCUT2D eigenvalue weighted by atomic mass is 16.6. The summed E-state index contributed by atoms with van der Waals surface area (Å²) in [6.07, 6.45) is 3.72. The van der Waals surface area contributed by atoms with Gasteiger partial charge in [0.15, 0.2) is 0 Å². The molecular weight excluding hydrogens is 316 g/mol. The van der Waals surface area contributed by atoms with Crippen LogP contribution >= 0.6 is 0 Å². The smallest absolute Gasteiger partial charge is 0.410 e. The van der Waals surface area contributed by atoms with Crippen LogP contribution in [0.25, 0.3) is 0 Å². The second-order valence-corrected chi connectivity index (χ2v) is 8.43. The predicted molar refractivity (Wildman–Crippen MR) is 96.4 cm³/mol. The van der Waals surface area contributed by atoms with E-state index >= 15 is 0 Å². The molecule has 1 N–H and O–H groups in total. The molecule has 1 aliphatic carbocycles. The average Bonchev–Trinajstić information content (AvgIpc) is 3.14. The fourth-order valence-corrected chi connectivity index (χ4v) is 3.98. The lowest BCUT2D eigenvalue weighted by Crippen LogP contribution is -2.37. The van der Waals surface area contributed by atoms with E-state index in [-0.39, 0.29) is 23.5 Å². The molecule has 1 heterocycles. The molecule has 0 aromatic heterocycles. The molecule has 2 unspecified atom stereocenters. The zero-order valence-electron chi connectivity index (χ0n) is 15.4. The van der Waals surface area contributed by atoms with Crippen LogP contribution in [0.2, 0.25) is 0 Å². The van der Waals surface area contributed by atoms with Crippen LogP contribution in [0.5, 0.6) is 0 Å². The van der Waals surface area contributed by atoms with Gasteiger partial charge in [0.05, 0.1) is 0 Å². The monoisotopic (exact) mass is 344 g/mol. The summed E-state index contributed by atoms with van der Waals surface area (Å²) < 4.78 is 5.49. The first-order valence-electron chi connectivity index (χ1n) is 9.10. The Morgan fingerprint density at radius 2 is 1.92 bits per heavy atom. The molecule has 2 atom stereocenters. The molecule has 5 nitrogen and oxygen atoms in total. The zero-order chi connectivity index (χ0) is 18.1. The lowest BCUT2D eigenvalue weighted by atomic mass is 9.85. The van der Waals surface area contributed by atoms with Crippen LogP contribution in [0, 0.1) is 5.41 Å². The molecule has 1 aliphatic heterocycles. The van der Waals surface area contributed by atoms with Crippen LogP contribution in [0.1, 0.15) is 56.8 Å². The standard InChI is InChI=1S/C20H28N2O3/c1-19(2,3)25-18(24)22-12-11-20(14-22)10-9-16(13-20)21-17(23)15-7-5-4-6-8-15/h4-8,16H,9-14H2,1-3H3,(H,21,23). The van der Waals surface area contributed by atoms with E-state index in [1.165, 1.54) is 0 Å². The first kappa shape index (κ1) is 17.8. The molecule has 25 heavy (non-hydrogen) atoms. The number of benzene rings is 1. The normalized spacial score (nSPS) is 26.0. The van der Waals surface area contributed by atoms with Crippen LogP contribution in [-0.4, -0.2) is 41.6 Å². The summed E-state index contributed by atoms with van der Waals surface area (Å²) in [5.41, 5.74) is 0.366. The molecule has 1 saturated heterocycles. The second-order valence-electron chi connectivity index (χ2n) is 8.43. The van der Waals surface area contributed by atoms with Crippen molar-refractivity contribution in [3.63, 3.8) is 0 Å². The van der Waals surface area contributed by atoms with Gasteiger partial charge >= 0.3 is 6.09 Å². The van der Waals surface area contributed by atoms with Gasteiger partial charge in [-0.05, 0) is 64.0 Å². The average molecular weight is 344 g/mol. The van der Waals surface area contributed by atoms with Crippen molar-refractivity contribution in [2.45, 2.75) is 58.1 Å². The Kier molecular flexibility index (Phi) is 4.76. The lowest BCUT2D eigenvalue weighted by molar-refractivity contribution is 0.0272. The Bertz CT molecular complexity index is 638. The molecule has 136 valence electrons. The molecule has 3 rings (SSSR count). The van der Waals surface area contributed by atoms with E-state index in [0.717, 1.165) is 38.8 Å². The number of amides is 2. The van der Waals surface area contributed by atoms with Crippen molar-refractivity contribution in [1.29, 1.82) is 0 Å². The van der Waals surface area contributed by atoms with Crippen LogP contribution in [0.15, 0.2) is 30.3 Å². The molecule has 1 aromatic carbocycles. The molecule has 2 fully saturated rings. The van der Waals surface area contributed by atoms with Gasteiger partial charge in [0.25, 0.3) is 5.91 Å². The minimum absolute atomic E-state index is 0.00959. The second kappa shape index (κ2) is 6.70. The maximum absolute atomic E-state index is 12.3. The number of hydrogen-bond donors (Lipinski definition) is 1. The summed E-state index contributed by atoms with van der Waals surface area (Å²) in [4.78, 5) is 26.4. The molecule has 2 aliphatic rings. The van der Waals surface area contributed by atoms with Crippen LogP contribution < -0.4 is 5.32 Å². The number of rotatable bonds is 2. The van der Waals surface area contributed by atoms with Crippen LogP contribution in [-0.2, 0) is 4.74 Å². The third-order valence-electron chi connectivity index (χ3n) is 5.16. The van der Waals surface area contributed by atoms with E-state index in [1.54, 1.807) is 0 Å². The molecule has 0 bridgehead atoms. The minimum Gasteiger partial charge on any atom is -0.444 e. The van der Waals surface area contributed by atoms with Gasteiger partial charge in [-0.15, -0.1) is 0 Å². The number of nitrogens with one attached hydrogen (secondary N) is 1. The number of carbonyl (C=O) groups is 2. The highest BCUT2D eigenvalue weighted by molar-refractivity contribution is 5.94. The van der Waals surface area contributed by atoms with Crippen molar-refractivity contribution in [1.82, 2.24) is 10.2 Å². The topological polar surface area (TPSA) is 58.6 Å². The summed E-state index contributed by atoms with van der Waals surface area (Å²) >= 11 is 0. The predicted octanol–water partition coefficient (Wildman–Crippen LogP) is 3.60. The molecule has 0 radical (unpaired) electrons. The van der Waals surface area contributed by atoms with E-state index in [2.05, 4.69) is 5.32 Å². The molecule has 5 heteroatoms. The van der Waals surface area contributed by atoms with Crippen molar-refractivity contribution in [3.05, 3.63) is 35.9 Å². The highest BCUT2D eigenvalue weighted by Gasteiger charge is 2.46. The largest absolute Gasteiger partial charge is 0.444 e. The van der Waals surface area contributed by atoms with Gasteiger partial charge in [-0.3, -0.25) is 4.79 Å². The van der Waals surface area contributed by atoms with E-state index in [9.17, 15) is 9.59 Å². The van der Waals surface area contributed by atoms with E-state index in [0.29, 0.717) is 5.56 Å². The number of nitrogens with zero attached hydrogens (tertiary/aromatic N) is 1. The zero-order valence-corrected chi connectivity index (χ0v) is 15.4. The summed E-state index contributed by atoms with van der Waals surface area (Å²) in [5, 5.41) is 3.15. The lowest BCUT2D eigenvalue weighted by Gasteiger charge is -2.27. The highest BCUT2D eigenvalue weighted by Crippen LogP contribution is 2.45. The third kappa shape index (κ3) is 4.33. The van der Waals surface area contributed by atoms with Crippen molar-refractivity contribution >= 4 is 12.0 Å². The summed E-state index contributed by atoms with van der Waals surface area (Å²) in [7, 11) is 0.